The standard InChI is InChI=1S/C15H23N3/c1-3-18(4-2)15(13-17-12-8-11-16)14-9-6-5-7-10-14/h5-7,9-10,15,17H,3-4,8,12-13H2,1-2H3. The molecule has 0 amide bonds. The summed E-state index contributed by atoms with van der Waals surface area (Å²) in [4.78, 5) is 2.44. The summed E-state index contributed by atoms with van der Waals surface area (Å²) in [5.74, 6) is 0. The summed E-state index contributed by atoms with van der Waals surface area (Å²) in [6.07, 6.45) is 0.569. The molecule has 0 bridgehead atoms. The number of benzene rings is 1. The van der Waals surface area contributed by atoms with E-state index in [2.05, 4.69) is 54.4 Å². The van der Waals surface area contributed by atoms with E-state index in [1.165, 1.54) is 5.56 Å². The van der Waals surface area contributed by atoms with Gasteiger partial charge in [-0.1, -0.05) is 44.2 Å². The number of hydrogen-bond acceptors (Lipinski definition) is 3. The maximum atomic E-state index is 8.55. The first-order valence-corrected chi connectivity index (χ1v) is 6.70. The highest BCUT2D eigenvalue weighted by Crippen LogP contribution is 2.19. The maximum Gasteiger partial charge on any atom is 0.0635 e. The lowest BCUT2D eigenvalue weighted by atomic mass is 10.1. The molecule has 98 valence electrons. The van der Waals surface area contributed by atoms with Crippen molar-refractivity contribution >= 4 is 0 Å². The van der Waals surface area contributed by atoms with Crippen LogP contribution >= 0.6 is 0 Å². The smallest absolute Gasteiger partial charge is 0.0635 e. The Kier molecular flexibility index (Phi) is 7.09. The number of hydrogen-bond donors (Lipinski definition) is 1. The predicted octanol–water partition coefficient (Wildman–Crippen LogP) is 2.57. The Balaban J connectivity index is 2.67. The molecule has 1 atom stereocenters. The van der Waals surface area contributed by atoms with Crippen LogP contribution in [0.5, 0.6) is 0 Å². The Morgan fingerprint density at radius 2 is 1.89 bits per heavy atom. The lowest BCUT2D eigenvalue weighted by Gasteiger charge is -2.30. The average Bonchev–Trinajstić information content (AvgIpc) is 2.43. The van der Waals surface area contributed by atoms with Crippen LogP contribution in [-0.4, -0.2) is 31.1 Å². The molecule has 1 aromatic rings. The first-order valence-electron chi connectivity index (χ1n) is 6.70. The highest BCUT2D eigenvalue weighted by atomic mass is 15.2. The molecule has 0 saturated heterocycles. The van der Waals surface area contributed by atoms with Crippen molar-refractivity contribution in [2.45, 2.75) is 26.3 Å². The van der Waals surface area contributed by atoms with Crippen LogP contribution in [0.1, 0.15) is 31.9 Å². The Morgan fingerprint density at radius 3 is 2.44 bits per heavy atom. The second-order valence-corrected chi connectivity index (χ2v) is 4.26. The molecule has 3 nitrogen and oxygen atoms in total. The Hall–Kier alpha value is -1.37. The minimum atomic E-state index is 0.389. The highest BCUT2D eigenvalue weighted by Gasteiger charge is 2.16. The summed E-state index contributed by atoms with van der Waals surface area (Å²) in [5, 5.41) is 11.9. The summed E-state index contributed by atoms with van der Waals surface area (Å²) in [6, 6.07) is 13.1. The van der Waals surface area contributed by atoms with Gasteiger partial charge in [0.05, 0.1) is 6.07 Å². The zero-order valence-corrected chi connectivity index (χ0v) is 11.4. The first-order chi connectivity index (χ1) is 8.83. The largest absolute Gasteiger partial charge is 0.314 e. The van der Waals surface area contributed by atoms with E-state index in [0.717, 1.165) is 26.2 Å². The Morgan fingerprint density at radius 1 is 1.22 bits per heavy atom. The quantitative estimate of drug-likeness (QED) is 0.715. The van der Waals surface area contributed by atoms with Crippen LogP contribution in [0.3, 0.4) is 0 Å². The summed E-state index contributed by atoms with van der Waals surface area (Å²) in [5.41, 5.74) is 1.34. The predicted molar refractivity (Wildman–Crippen MR) is 75.2 cm³/mol. The van der Waals surface area contributed by atoms with Gasteiger partial charge in [0.2, 0.25) is 0 Å². The third kappa shape index (κ3) is 4.48. The van der Waals surface area contributed by atoms with E-state index in [4.69, 9.17) is 5.26 Å². The zero-order chi connectivity index (χ0) is 13.2. The van der Waals surface area contributed by atoms with Crippen LogP contribution in [0.25, 0.3) is 0 Å². The third-order valence-corrected chi connectivity index (χ3v) is 3.19. The number of nitriles is 1. The third-order valence-electron chi connectivity index (χ3n) is 3.19. The van der Waals surface area contributed by atoms with Crippen LogP contribution in [0.15, 0.2) is 30.3 Å². The lowest BCUT2D eigenvalue weighted by Crippen LogP contribution is -2.36. The van der Waals surface area contributed by atoms with Crippen molar-refractivity contribution in [3.63, 3.8) is 0 Å². The maximum absolute atomic E-state index is 8.55. The molecular weight excluding hydrogens is 222 g/mol. The molecule has 1 unspecified atom stereocenters. The van der Waals surface area contributed by atoms with Crippen molar-refractivity contribution in [3.8, 4) is 6.07 Å². The molecule has 0 radical (unpaired) electrons. The summed E-state index contributed by atoms with van der Waals surface area (Å²) < 4.78 is 0. The fourth-order valence-corrected chi connectivity index (χ4v) is 2.18. The fourth-order valence-electron chi connectivity index (χ4n) is 2.18. The van der Waals surface area contributed by atoms with Gasteiger partial charge in [-0.15, -0.1) is 0 Å². The van der Waals surface area contributed by atoms with Gasteiger partial charge in [0.25, 0.3) is 0 Å². The van der Waals surface area contributed by atoms with Gasteiger partial charge in [0, 0.05) is 25.6 Å². The molecule has 0 aliphatic heterocycles. The SMILES string of the molecule is CCN(CC)C(CNCCC#N)c1ccccc1. The van der Waals surface area contributed by atoms with E-state index in [1.54, 1.807) is 0 Å². The van der Waals surface area contributed by atoms with E-state index < -0.39 is 0 Å². The second kappa shape index (κ2) is 8.68. The van der Waals surface area contributed by atoms with Gasteiger partial charge in [-0.2, -0.15) is 5.26 Å². The molecule has 0 aromatic heterocycles. The van der Waals surface area contributed by atoms with Gasteiger partial charge < -0.3 is 5.32 Å². The monoisotopic (exact) mass is 245 g/mol. The minimum absolute atomic E-state index is 0.389. The first kappa shape index (κ1) is 14.7. The van der Waals surface area contributed by atoms with Crippen molar-refractivity contribution in [1.29, 1.82) is 5.26 Å². The van der Waals surface area contributed by atoms with E-state index in [-0.39, 0.29) is 0 Å². The molecule has 0 heterocycles. The van der Waals surface area contributed by atoms with Gasteiger partial charge in [-0.05, 0) is 18.7 Å². The lowest BCUT2D eigenvalue weighted by molar-refractivity contribution is 0.214. The molecule has 0 aliphatic carbocycles. The average molecular weight is 245 g/mol. The number of nitrogens with one attached hydrogen (secondary N) is 1. The van der Waals surface area contributed by atoms with Crippen LogP contribution in [0, 0.1) is 11.3 Å². The van der Waals surface area contributed by atoms with E-state index in [9.17, 15) is 0 Å². The van der Waals surface area contributed by atoms with Crippen molar-refractivity contribution in [1.82, 2.24) is 10.2 Å². The van der Waals surface area contributed by atoms with Gasteiger partial charge in [0.1, 0.15) is 0 Å². The van der Waals surface area contributed by atoms with Gasteiger partial charge in [-0.3, -0.25) is 4.90 Å². The van der Waals surface area contributed by atoms with E-state index in [1.807, 2.05) is 6.07 Å². The highest BCUT2D eigenvalue weighted by molar-refractivity contribution is 5.19. The van der Waals surface area contributed by atoms with Crippen molar-refractivity contribution in [3.05, 3.63) is 35.9 Å². The van der Waals surface area contributed by atoms with Crippen molar-refractivity contribution in [2.75, 3.05) is 26.2 Å². The van der Waals surface area contributed by atoms with Gasteiger partial charge in [-0.25, -0.2) is 0 Å². The molecule has 1 aromatic carbocycles. The van der Waals surface area contributed by atoms with Crippen LogP contribution < -0.4 is 5.32 Å². The number of likely N-dealkylation sites (N-methyl/N-ethyl adjacent to an activating group) is 1. The molecular formula is C15H23N3. The molecule has 18 heavy (non-hydrogen) atoms. The van der Waals surface area contributed by atoms with Crippen LogP contribution in [0.2, 0.25) is 0 Å². The van der Waals surface area contributed by atoms with Crippen LogP contribution in [0.4, 0.5) is 0 Å². The van der Waals surface area contributed by atoms with E-state index >= 15 is 0 Å². The van der Waals surface area contributed by atoms with Crippen molar-refractivity contribution < 1.29 is 0 Å². The zero-order valence-electron chi connectivity index (χ0n) is 11.4. The van der Waals surface area contributed by atoms with Gasteiger partial charge >= 0.3 is 0 Å². The minimum Gasteiger partial charge on any atom is -0.314 e. The summed E-state index contributed by atoms with van der Waals surface area (Å²) in [7, 11) is 0. The van der Waals surface area contributed by atoms with Crippen molar-refractivity contribution in [2.24, 2.45) is 0 Å². The summed E-state index contributed by atoms with van der Waals surface area (Å²) >= 11 is 0. The molecule has 0 saturated carbocycles. The fraction of sp³-hybridized carbons (Fsp3) is 0.533. The number of rotatable bonds is 8. The van der Waals surface area contributed by atoms with Gasteiger partial charge in [0.15, 0.2) is 0 Å². The molecule has 0 aliphatic rings. The Labute approximate surface area is 110 Å². The molecule has 0 spiro atoms. The molecule has 0 fully saturated rings. The topological polar surface area (TPSA) is 39.1 Å². The Bertz CT molecular complexity index is 352. The normalized spacial score (nSPS) is 12.3. The number of nitrogens with zero attached hydrogens (tertiary/aromatic N) is 2. The molecule has 1 rings (SSSR count). The summed E-state index contributed by atoms with van der Waals surface area (Å²) in [6.45, 7) is 8.11. The van der Waals surface area contributed by atoms with Crippen LogP contribution in [-0.2, 0) is 0 Å². The molecule has 1 N–H and O–H groups in total. The molecule has 3 heteroatoms. The second-order valence-electron chi connectivity index (χ2n) is 4.26. The van der Waals surface area contributed by atoms with E-state index in [0.29, 0.717) is 12.5 Å².